The Hall–Kier alpha value is -1.85. The lowest BCUT2D eigenvalue weighted by Gasteiger charge is -2.31. The second-order valence-corrected chi connectivity index (χ2v) is 6.08. The summed E-state index contributed by atoms with van der Waals surface area (Å²) in [6, 6.07) is 0.262. The maximum Gasteiger partial charge on any atom is 0.222 e. The van der Waals surface area contributed by atoms with E-state index in [4.69, 9.17) is 4.98 Å². The number of piperidine rings is 1. The zero-order valence-electron chi connectivity index (χ0n) is 12.9. The van der Waals surface area contributed by atoms with Crippen molar-refractivity contribution in [2.45, 2.75) is 44.6 Å². The molecule has 1 atom stereocenters. The highest BCUT2D eigenvalue weighted by Gasteiger charge is 2.29. The molecule has 1 saturated carbocycles. The molecule has 3 rings (SSSR count). The first-order chi connectivity index (χ1) is 10.1. The first kappa shape index (κ1) is 14.1. The molecule has 1 unspecified atom stereocenters. The van der Waals surface area contributed by atoms with Gasteiger partial charge >= 0.3 is 0 Å². The number of likely N-dealkylation sites (tertiary alicyclic amines) is 1. The average Bonchev–Trinajstić information content (AvgIpc) is 3.29. The van der Waals surface area contributed by atoms with Crippen LogP contribution in [-0.4, -0.2) is 47.5 Å². The summed E-state index contributed by atoms with van der Waals surface area (Å²) >= 11 is 0. The molecule has 2 heterocycles. The highest BCUT2D eigenvalue weighted by Crippen LogP contribution is 2.39. The zero-order valence-corrected chi connectivity index (χ0v) is 12.9. The molecule has 21 heavy (non-hydrogen) atoms. The molecule has 0 bridgehead atoms. The number of anilines is 2. The molecular formula is C15H23N5O. The Morgan fingerprint density at radius 3 is 2.52 bits per heavy atom. The van der Waals surface area contributed by atoms with Gasteiger partial charge in [-0.1, -0.05) is 0 Å². The molecule has 1 aliphatic heterocycles. The highest BCUT2D eigenvalue weighted by atomic mass is 16.2. The highest BCUT2D eigenvalue weighted by molar-refractivity contribution is 5.77. The second-order valence-electron chi connectivity index (χ2n) is 6.08. The van der Waals surface area contributed by atoms with Crippen molar-refractivity contribution < 1.29 is 4.79 Å². The van der Waals surface area contributed by atoms with E-state index >= 15 is 0 Å². The Labute approximate surface area is 125 Å². The fourth-order valence-electron chi connectivity index (χ4n) is 2.77. The van der Waals surface area contributed by atoms with Gasteiger partial charge in [0.2, 0.25) is 5.91 Å². The first-order valence-electron chi connectivity index (χ1n) is 7.65. The lowest BCUT2D eigenvalue weighted by Crippen LogP contribution is -2.43. The van der Waals surface area contributed by atoms with Crippen molar-refractivity contribution in [1.82, 2.24) is 14.9 Å². The summed E-state index contributed by atoms with van der Waals surface area (Å²) in [4.78, 5) is 22.7. The number of aromatic nitrogens is 2. The summed E-state index contributed by atoms with van der Waals surface area (Å²) < 4.78 is 0. The minimum absolute atomic E-state index is 0.224. The van der Waals surface area contributed by atoms with Crippen molar-refractivity contribution >= 4 is 17.5 Å². The van der Waals surface area contributed by atoms with Crippen LogP contribution in [0.15, 0.2) is 0 Å². The van der Waals surface area contributed by atoms with Crippen LogP contribution in [0.2, 0.25) is 0 Å². The molecule has 1 aromatic heterocycles. The Morgan fingerprint density at radius 1 is 1.19 bits per heavy atom. The van der Waals surface area contributed by atoms with Crippen LogP contribution in [0, 0.1) is 6.92 Å². The van der Waals surface area contributed by atoms with E-state index < -0.39 is 0 Å². The van der Waals surface area contributed by atoms with Gasteiger partial charge in [-0.15, -0.1) is 0 Å². The molecule has 2 N–H and O–H groups in total. The molecule has 6 heteroatoms. The summed E-state index contributed by atoms with van der Waals surface area (Å²) in [7, 11) is 3.75. The Morgan fingerprint density at radius 2 is 1.90 bits per heavy atom. The first-order valence-corrected chi connectivity index (χ1v) is 7.65. The molecule has 0 spiro atoms. The number of hydrogen-bond acceptors (Lipinski definition) is 5. The van der Waals surface area contributed by atoms with Crippen molar-refractivity contribution in [3.63, 3.8) is 0 Å². The number of carbonyl (C=O) groups excluding carboxylic acids is 1. The largest absolute Gasteiger partial charge is 0.373 e. The van der Waals surface area contributed by atoms with E-state index in [1.807, 2.05) is 21.0 Å². The summed E-state index contributed by atoms with van der Waals surface area (Å²) in [5.41, 5.74) is 1.04. The fourth-order valence-corrected chi connectivity index (χ4v) is 2.77. The number of hydrogen-bond donors (Lipinski definition) is 2. The van der Waals surface area contributed by atoms with E-state index in [-0.39, 0.29) is 11.9 Å². The lowest BCUT2D eigenvalue weighted by atomic mass is 10.1. The zero-order chi connectivity index (χ0) is 15.0. The third-order valence-corrected chi connectivity index (χ3v) is 4.31. The quantitative estimate of drug-likeness (QED) is 0.883. The minimum atomic E-state index is 0.224. The number of nitrogens with one attached hydrogen (secondary N) is 2. The van der Waals surface area contributed by atoms with Gasteiger partial charge in [-0.05, 0) is 26.2 Å². The number of nitrogens with zero attached hydrogens (tertiary/aromatic N) is 3. The van der Waals surface area contributed by atoms with Crippen molar-refractivity contribution in [3.8, 4) is 0 Å². The monoisotopic (exact) mass is 289 g/mol. The van der Waals surface area contributed by atoms with E-state index in [2.05, 4.69) is 15.6 Å². The molecule has 2 aliphatic rings. The normalized spacial score (nSPS) is 22.3. The van der Waals surface area contributed by atoms with Gasteiger partial charge in [0, 0.05) is 44.6 Å². The smallest absolute Gasteiger partial charge is 0.222 e. The predicted octanol–water partition coefficient (Wildman–Crippen LogP) is 1.74. The SMILES string of the molecule is CNc1nc(C2CC2)nc(NC2CCC(=O)N(C)C2)c1C. The van der Waals surface area contributed by atoms with Gasteiger partial charge in [-0.2, -0.15) is 0 Å². The van der Waals surface area contributed by atoms with E-state index in [0.717, 1.165) is 36.0 Å². The summed E-state index contributed by atoms with van der Waals surface area (Å²) in [6.07, 6.45) is 3.84. The maximum absolute atomic E-state index is 11.6. The number of likely N-dealkylation sites (N-methyl/N-ethyl adjacent to an activating group) is 1. The molecule has 1 aromatic rings. The Kier molecular flexibility index (Phi) is 3.69. The van der Waals surface area contributed by atoms with Gasteiger partial charge in [-0.3, -0.25) is 4.79 Å². The molecule has 0 radical (unpaired) electrons. The van der Waals surface area contributed by atoms with E-state index in [9.17, 15) is 4.79 Å². The summed E-state index contributed by atoms with van der Waals surface area (Å²) in [6.45, 7) is 2.76. The predicted molar refractivity (Wildman–Crippen MR) is 82.6 cm³/mol. The summed E-state index contributed by atoms with van der Waals surface area (Å²) in [5.74, 6) is 3.49. The van der Waals surface area contributed by atoms with E-state index in [1.165, 1.54) is 12.8 Å². The molecule has 2 fully saturated rings. The second kappa shape index (κ2) is 5.50. The average molecular weight is 289 g/mol. The van der Waals surface area contributed by atoms with Crippen LogP contribution in [0.1, 0.15) is 43.0 Å². The fraction of sp³-hybridized carbons (Fsp3) is 0.667. The molecule has 0 aromatic carbocycles. The lowest BCUT2D eigenvalue weighted by molar-refractivity contribution is -0.132. The third kappa shape index (κ3) is 2.94. The van der Waals surface area contributed by atoms with Crippen molar-refractivity contribution in [2.24, 2.45) is 0 Å². The van der Waals surface area contributed by atoms with Crippen LogP contribution in [0.5, 0.6) is 0 Å². The van der Waals surface area contributed by atoms with Crippen LogP contribution in [0.4, 0.5) is 11.6 Å². The van der Waals surface area contributed by atoms with Crippen LogP contribution in [0.3, 0.4) is 0 Å². The van der Waals surface area contributed by atoms with Crippen LogP contribution in [-0.2, 0) is 4.79 Å². The third-order valence-electron chi connectivity index (χ3n) is 4.31. The van der Waals surface area contributed by atoms with Crippen LogP contribution in [0.25, 0.3) is 0 Å². The van der Waals surface area contributed by atoms with E-state index in [1.54, 1.807) is 4.90 Å². The number of rotatable bonds is 4. The maximum atomic E-state index is 11.6. The Balaban J connectivity index is 1.80. The van der Waals surface area contributed by atoms with Gasteiger partial charge in [0.15, 0.2) is 0 Å². The molecular weight excluding hydrogens is 266 g/mol. The molecule has 1 amide bonds. The number of carbonyl (C=O) groups is 1. The van der Waals surface area contributed by atoms with E-state index in [0.29, 0.717) is 12.3 Å². The summed E-state index contributed by atoms with van der Waals surface area (Å²) in [5, 5.41) is 6.67. The standard InChI is InChI=1S/C15H23N5O/c1-9-13(16-2)18-15(10-4-5-10)19-14(9)17-11-6-7-12(21)20(3)8-11/h10-11H,4-8H2,1-3H3,(H2,16,17,18,19). The van der Waals surface area contributed by atoms with Crippen LogP contribution < -0.4 is 10.6 Å². The molecule has 6 nitrogen and oxygen atoms in total. The molecule has 114 valence electrons. The van der Waals surface area contributed by atoms with Crippen molar-refractivity contribution in [3.05, 3.63) is 11.4 Å². The molecule has 1 saturated heterocycles. The van der Waals surface area contributed by atoms with Crippen LogP contribution >= 0.6 is 0 Å². The minimum Gasteiger partial charge on any atom is -0.373 e. The molecule has 1 aliphatic carbocycles. The van der Waals surface area contributed by atoms with Gasteiger partial charge in [0.05, 0.1) is 0 Å². The van der Waals surface area contributed by atoms with Gasteiger partial charge in [-0.25, -0.2) is 9.97 Å². The van der Waals surface area contributed by atoms with Crippen molar-refractivity contribution in [1.29, 1.82) is 0 Å². The Bertz CT molecular complexity index is 555. The van der Waals surface area contributed by atoms with Crippen molar-refractivity contribution in [2.75, 3.05) is 31.3 Å². The van der Waals surface area contributed by atoms with Gasteiger partial charge < -0.3 is 15.5 Å². The van der Waals surface area contributed by atoms with Gasteiger partial charge in [0.25, 0.3) is 0 Å². The number of amides is 1. The topological polar surface area (TPSA) is 70.1 Å². The van der Waals surface area contributed by atoms with Gasteiger partial charge in [0.1, 0.15) is 17.5 Å².